The summed E-state index contributed by atoms with van der Waals surface area (Å²) in [5.41, 5.74) is 1.96. The van der Waals surface area contributed by atoms with Crippen molar-refractivity contribution in [1.29, 1.82) is 0 Å². The topological polar surface area (TPSA) is 69.7 Å². The van der Waals surface area contributed by atoms with E-state index in [2.05, 4.69) is 33.3 Å². The molecular weight excluding hydrogens is 376 g/mol. The normalized spacial score (nSPS) is 24.9. The second-order valence-electron chi connectivity index (χ2n) is 7.60. The summed E-state index contributed by atoms with van der Waals surface area (Å²) in [7, 11) is 2.19. The Morgan fingerprint density at radius 2 is 1.89 bits per heavy atom. The molecule has 0 aromatic carbocycles. The molecule has 3 atom stereocenters. The number of rotatable bonds is 3. The van der Waals surface area contributed by atoms with E-state index in [4.69, 9.17) is 9.97 Å². The lowest BCUT2D eigenvalue weighted by atomic mass is 9.99. The minimum absolute atomic E-state index is 0.581. The largest absolute Gasteiger partial charge is 0.359 e. The lowest BCUT2D eigenvalue weighted by Gasteiger charge is -2.35. The van der Waals surface area contributed by atoms with Gasteiger partial charge in [0.2, 0.25) is 0 Å². The van der Waals surface area contributed by atoms with Gasteiger partial charge in [-0.25, -0.2) is 9.97 Å². The van der Waals surface area contributed by atoms with Crippen LogP contribution in [0.3, 0.4) is 0 Å². The molecule has 2 bridgehead atoms. The lowest BCUT2D eigenvalue weighted by molar-refractivity contribution is 0.354. The van der Waals surface area contributed by atoms with Crippen LogP contribution in [0, 0.1) is 0 Å². The van der Waals surface area contributed by atoms with Gasteiger partial charge in [-0.1, -0.05) is 22.7 Å². The van der Waals surface area contributed by atoms with Crippen molar-refractivity contribution in [3.05, 3.63) is 24.5 Å². The van der Waals surface area contributed by atoms with Crippen molar-refractivity contribution in [2.24, 2.45) is 0 Å². The summed E-state index contributed by atoms with van der Waals surface area (Å²) in [5.74, 6) is 0. The van der Waals surface area contributed by atoms with Gasteiger partial charge in [-0.2, -0.15) is 0 Å². The highest BCUT2D eigenvalue weighted by Crippen LogP contribution is 2.39. The minimum Gasteiger partial charge on any atom is -0.359 e. The van der Waals surface area contributed by atoms with Crippen molar-refractivity contribution in [2.75, 3.05) is 11.9 Å². The fourth-order valence-corrected chi connectivity index (χ4v) is 6.60. The molecule has 2 aliphatic rings. The SMILES string of the molecule is CN(c1nc2sc(-c3nccc4cc[nH]c34)nc2s1)[C@@H]1C[C@H]2CC[C@@H](C1)N2. The summed E-state index contributed by atoms with van der Waals surface area (Å²) in [6.07, 6.45) is 8.88. The number of H-pyrrole nitrogens is 1. The maximum absolute atomic E-state index is 4.91. The van der Waals surface area contributed by atoms with Crippen LogP contribution in [0.25, 0.3) is 31.3 Å². The fraction of sp³-hybridized carbons (Fsp3) is 0.421. The zero-order chi connectivity index (χ0) is 18.0. The third-order valence-corrected chi connectivity index (χ3v) is 8.06. The molecule has 2 N–H and O–H groups in total. The van der Waals surface area contributed by atoms with Crippen molar-refractivity contribution >= 4 is 48.4 Å². The van der Waals surface area contributed by atoms with Gasteiger partial charge in [-0.15, -0.1) is 0 Å². The lowest BCUT2D eigenvalue weighted by Crippen LogP contribution is -2.47. The first-order valence-electron chi connectivity index (χ1n) is 9.43. The summed E-state index contributed by atoms with van der Waals surface area (Å²) in [6.45, 7) is 0. The van der Waals surface area contributed by atoms with Gasteiger partial charge in [0.05, 0.1) is 5.52 Å². The van der Waals surface area contributed by atoms with Crippen LogP contribution >= 0.6 is 22.7 Å². The first kappa shape index (κ1) is 16.0. The third-order valence-electron chi connectivity index (χ3n) is 5.94. The molecule has 6 nitrogen and oxygen atoms in total. The number of nitrogens with zero attached hydrogens (tertiary/aromatic N) is 4. The van der Waals surface area contributed by atoms with Crippen LogP contribution in [-0.4, -0.2) is 45.1 Å². The van der Waals surface area contributed by atoms with Crippen molar-refractivity contribution in [3.8, 4) is 10.7 Å². The van der Waals surface area contributed by atoms with Gasteiger partial charge in [0.1, 0.15) is 10.7 Å². The summed E-state index contributed by atoms with van der Waals surface area (Å²) in [4.78, 5) is 22.0. The van der Waals surface area contributed by atoms with E-state index in [9.17, 15) is 0 Å². The predicted octanol–water partition coefficient (Wildman–Crippen LogP) is 4.02. The smallest absolute Gasteiger partial charge is 0.188 e. The zero-order valence-corrected chi connectivity index (χ0v) is 16.6. The summed E-state index contributed by atoms with van der Waals surface area (Å²) in [6, 6.07) is 6.04. The number of fused-ring (bicyclic) bond motifs is 4. The molecule has 6 heterocycles. The van der Waals surface area contributed by atoms with Crippen molar-refractivity contribution in [2.45, 2.75) is 43.8 Å². The van der Waals surface area contributed by atoms with Crippen LogP contribution in [0.1, 0.15) is 25.7 Å². The molecule has 6 rings (SSSR count). The van der Waals surface area contributed by atoms with Crippen LogP contribution in [-0.2, 0) is 0 Å². The molecule has 2 aliphatic heterocycles. The van der Waals surface area contributed by atoms with Crippen LogP contribution in [0.4, 0.5) is 5.13 Å². The van der Waals surface area contributed by atoms with Crippen LogP contribution in [0.2, 0.25) is 0 Å². The van der Waals surface area contributed by atoms with Crippen molar-refractivity contribution in [1.82, 2.24) is 25.3 Å². The van der Waals surface area contributed by atoms with E-state index in [1.165, 1.54) is 25.7 Å². The summed E-state index contributed by atoms with van der Waals surface area (Å²) >= 11 is 3.33. The highest BCUT2D eigenvalue weighted by atomic mass is 32.1. The van der Waals surface area contributed by atoms with Crippen LogP contribution in [0.5, 0.6) is 0 Å². The number of aromatic amines is 1. The summed E-state index contributed by atoms with van der Waals surface area (Å²) in [5, 5.41) is 6.91. The van der Waals surface area contributed by atoms with E-state index < -0.39 is 0 Å². The van der Waals surface area contributed by atoms with Gasteiger partial charge < -0.3 is 15.2 Å². The highest BCUT2D eigenvalue weighted by molar-refractivity contribution is 7.29. The zero-order valence-electron chi connectivity index (χ0n) is 15.0. The van der Waals surface area contributed by atoms with Gasteiger partial charge in [0.15, 0.2) is 14.8 Å². The molecule has 0 aliphatic carbocycles. The molecule has 0 unspecified atom stereocenters. The Morgan fingerprint density at radius 1 is 1.07 bits per heavy atom. The molecule has 4 aromatic heterocycles. The van der Waals surface area contributed by atoms with E-state index >= 15 is 0 Å². The van der Waals surface area contributed by atoms with Gasteiger partial charge in [-0.05, 0) is 37.8 Å². The highest BCUT2D eigenvalue weighted by Gasteiger charge is 2.36. The van der Waals surface area contributed by atoms with Gasteiger partial charge >= 0.3 is 0 Å². The Morgan fingerprint density at radius 3 is 2.70 bits per heavy atom. The first-order chi connectivity index (χ1) is 13.2. The molecule has 27 heavy (non-hydrogen) atoms. The van der Waals surface area contributed by atoms with Gasteiger partial charge in [0.25, 0.3) is 0 Å². The second kappa shape index (κ2) is 5.98. The number of hydrogen-bond acceptors (Lipinski definition) is 7. The molecule has 2 saturated heterocycles. The standard InChI is InChI=1S/C19H20N6S2/c1-25(13-8-11-2-3-12(9-13)22-11)19-24-18-17(27-19)23-16(26-18)15-14-10(4-6-20-14)5-7-21-15/h4-7,11-13,20,22H,2-3,8-9H2,1H3/t11-,12+,13-. The molecule has 138 valence electrons. The first-order valence-corrected chi connectivity index (χ1v) is 11.1. The van der Waals surface area contributed by atoms with Crippen LogP contribution in [0.15, 0.2) is 24.5 Å². The third kappa shape index (κ3) is 2.58. The van der Waals surface area contributed by atoms with E-state index in [0.717, 1.165) is 36.4 Å². The van der Waals surface area contributed by atoms with E-state index in [0.29, 0.717) is 18.1 Å². The number of nitrogens with one attached hydrogen (secondary N) is 2. The number of piperidine rings is 1. The molecule has 0 radical (unpaired) electrons. The van der Waals surface area contributed by atoms with Crippen molar-refractivity contribution < 1.29 is 0 Å². The summed E-state index contributed by atoms with van der Waals surface area (Å²) < 4.78 is 0. The van der Waals surface area contributed by atoms with Crippen LogP contribution < -0.4 is 10.2 Å². The number of anilines is 1. The maximum atomic E-state index is 4.91. The predicted molar refractivity (Wildman–Crippen MR) is 112 cm³/mol. The number of aromatic nitrogens is 4. The fourth-order valence-electron chi connectivity index (χ4n) is 4.53. The Kier molecular flexibility index (Phi) is 3.54. The van der Waals surface area contributed by atoms with E-state index in [1.807, 2.05) is 18.5 Å². The van der Waals surface area contributed by atoms with Crippen molar-refractivity contribution in [3.63, 3.8) is 0 Å². The molecule has 8 heteroatoms. The quantitative estimate of drug-likeness (QED) is 0.547. The van der Waals surface area contributed by atoms with E-state index in [1.54, 1.807) is 22.7 Å². The van der Waals surface area contributed by atoms with Gasteiger partial charge in [-0.3, -0.25) is 4.98 Å². The molecule has 0 amide bonds. The van der Waals surface area contributed by atoms with E-state index in [-0.39, 0.29) is 0 Å². The molecule has 0 saturated carbocycles. The number of thiazole rings is 2. The Balaban J connectivity index is 1.32. The number of pyridine rings is 1. The molecule has 2 fully saturated rings. The monoisotopic (exact) mass is 396 g/mol. The molecule has 0 spiro atoms. The Labute approximate surface area is 164 Å². The Hall–Kier alpha value is -2.03. The Bertz CT molecular complexity index is 1080. The molecule has 4 aromatic rings. The minimum atomic E-state index is 0.581. The molecular formula is C19H20N6S2. The maximum Gasteiger partial charge on any atom is 0.188 e. The number of hydrogen-bond donors (Lipinski definition) is 2. The second-order valence-corrected chi connectivity index (χ2v) is 9.53. The average Bonchev–Trinajstić information content (AvgIpc) is 3.43. The van der Waals surface area contributed by atoms with Gasteiger partial charge in [0, 0.05) is 43.0 Å². The average molecular weight is 397 g/mol.